The molecule has 0 N–H and O–H groups in total. The molecule has 1 amide bonds. The van der Waals surface area contributed by atoms with Crippen LogP contribution in [0.5, 0.6) is 11.5 Å². The lowest BCUT2D eigenvalue weighted by atomic mass is 10.00. The fourth-order valence-corrected chi connectivity index (χ4v) is 2.96. The van der Waals surface area contributed by atoms with Crippen LogP contribution in [0.3, 0.4) is 0 Å². The van der Waals surface area contributed by atoms with Crippen LogP contribution in [0.1, 0.15) is 17.4 Å². The van der Waals surface area contributed by atoms with E-state index in [2.05, 4.69) is 20.1 Å². The number of ether oxygens (including phenoxy) is 2. The average molecular weight is 393 g/mol. The number of amides is 1. The maximum atomic E-state index is 12.4. The van der Waals surface area contributed by atoms with Gasteiger partial charge in [0.15, 0.2) is 11.5 Å². The number of hydrogen-bond donors (Lipinski definition) is 0. The molecule has 1 aliphatic heterocycles. The van der Waals surface area contributed by atoms with Gasteiger partial charge in [-0.2, -0.15) is 4.98 Å². The van der Waals surface area contributed by atoms with Gasteiger partial charge in [0, 0.05) is 31.6 Å². The molecule has 0 bridgehead atoms. The van der Waals surface area contributed by atoms with Crippen molar-refractivity contribution < 1.29 is 18.8 Å². The maximum Gasteiger partial charge on any atom is 0.246 e. The topological polar surface area (TPSA) is 103 Å². The van der Waals surface area contributed by atoms with Crippen molar-refractivity contribution in [3.63, 3.8) is 0 Å². The molecule has 1 aliphatic rings. The van der Waals surface area contributed by atoms with Crippen LogP contribution >= 0.6 is 0 Å². The van der Waals surface area contributed by atoms with E-state index in [9.17, 15) is 4.79 Å². The number of nitrogens with zero attached hydrogens (tertiary/aromatic N) is 5. The van der Waals surface area contributed by atoms with Crippen molar-refractivity contribution in [2.45, 2.75) is 5.92 Å². The van der Waals surface area contributed by atoms with Crippen molar-refractivity contribution in [3.05, 3.63) is 54.3 Å². The molecule has 3 heterocycles. The van der Waals surface area contributed by atoms with Crippen molar-refractivity contribution in [3.8, 4) is 23.0 Å². The number of rotatable bonds is 6. The van der Waals surface area contributed by atoms with Crippen LogP contribution in [0, 0.1) is 0 Å². The molecule has 2 aromatic heterocycles. The van der Waals surface area contributed by atoms with Crippen molar-refractivity contribution in [1.29, 1.82) is 0 Å². The first-order valence-corrected chi connectivity index (χ1v) is 8.97. The molecule has 0 saturated carbocycles. The van der Waals surface area contributed by atoms with Crippen LogP contribution in [-0.2, 0) is 4.79 Å². The van der Waals surface area contributed by atoms with E-state index in [0.717, 1.165) is 5.56 Å². The Morgan fingerprint density at radius 3 is 2.76 bits per heavy atom. The summed E-state index contributed by atoms with van der Waals surface area (Å²) in [6.45, 7) is 1.05. The third-order valence-electron chi connectivity index (χ3n) is 4.60. The van der Waals surface area contributed by atoms with Crippen LogP contribution in [0.2, 0.25) is 0 Å². The molecular formula is C20H19N5O4. The van der Waals surface area contributed by atoms with Crippen molar-refractivity contribution in [1.82, 2.24) is 25.0 Å². The Bertz CT molecular complexity index is 1030. The standard InChI is InChI=1S/C20H19N5O4/c1-27-16-5-3-13(9-17(16)28-2)4-6-18(26)25-11-14(12-25)20-23-19(24-29-20)15-10-21-7-8-22-15/h3-10,14H,11-12H2,1-2H3/b6-4+. The summed E-state index contributed by atoms with van der Waals surface area (Å²) in [4.78, 5) is 26.6. The van der Waals surface area contributed by atoms with Crippen LogP contribution in [-0.4, -0.2) is 58.2 Å². The molecule has 0 radical (unpaired) electrons. The van der Waals surface area contributed by atoms with Gasteiger partial charge < -0.3 is 18.9 Å². The number of hydrogen-bond acceptors (Lipinski definition) is 8. The highest BCUT2D eigenvalue weighted by atomic mass is 16.5. The summed E-state index contributed by atoms with van der Waals surface area (Å²) in [5.41, 5.74) is 1.39. The van der Waals surface area contributed by atoms with Gasteiger partial charge in [-0.3, -0.25) is 9.78 Å². The third-order valence-corrected chi connectivity index (χ3v) is 4.60. The first-order valence-electron chi connectivity index (χ1n) is 8.97. The molecule has 9 heteroatoms. The second kappa shape index (κ2) is 8.09. The number of aromatic nitrogens is 4. The summed E-state index contributed by atoms with van der Waals surface area (Å²) in [5.74, 6) is 2.09. The van der Waals surface area contributed by atoms with Crippen LogP contribution in [0.4, 0.5) is 0 Å². The molecule has 0 atom stereocenters. The molecule has 1 saturated heterocycles. The molecule has 0 aliphatic carbocycles. The SMILES string of the molecule is COc1ccc(/C=C/C(=O)N2CC(c3nc(-c4cnccn4)no3)C2)cc1OC. The Balaban J connectivity index is 1.35. The van der Waals surface area contributed by atoms with Crippen molar-refractivity contribution in [2.75, 3.05) is 27.3 Å². The Morgan fingerprint density at radius 1 is 1.21 bits per heavy atom. The third kappa shape index (κ3) is 3.93. The van der Waals surface area contributed by atoms with Gasteiger partial charge in [-0.25, -0.2) is 4.98 Å². The summed E-state index contributed by atoms with van der Waals surface area (Å²) < 4.78 is 15.8. The first-order chi connectivity index (χ1) is 14.2. The summed E-state index contributed by atoms with van der Waals surface area (Å²) in [5, 5.41) is 3.94. The highest BCUT2D eigenvalue weighted by molar-refractivity contribution is 5.92. The number of benzene rings is 1. The van der Waals surface area contributed by atoms with Gasteiger partial charge in [-0.05, 0) is 23.8 Å². The molecule has 0 spiro atoms. The zero-order chi connectivity index (χ0) is 20.2. The molecule has 29 heavy (non-hydrogen) atoms. The largest absolute Gasteiger partial charge is 0.493 e. The van der Waals surface area contributed by atoms with Gasteiger partial charge in [-0.1, -0.05) is 11.2 Å². The molecule has 4 rings (SSSR count). The normalized spacial score (nSPS) is 14.1. The molecule has 0 unspecified atom stereocenters. The molecular weight excluding hydrogens is 374 g/mol. The number of carbonyl (C=O) groups is 1. The molecule has 9 nitrogen and oxygen atoms in total. The van der Waals surface area contributed by atoms with Crippen LogP contribution < -0.4 is 9.47 Å². The lowest BCUT2D eigenvalue weighted by Crippen LogP contribution is -2.47. The maximum absolute atomic E-state index is 12.4. The lowest BCUT2D eigenvalue weighted by molar-refractivity contribution is -0.130. The van der Waals surface area contributed by atoms with E-state index in [1.165, 1.54) is 6.08 Å². The highest BCUT2D eigenvalue weighted by Crippen LogP contribution is 2.29. The number of methoxy groups -OCH3 is 2. The Morgan fingerprint density at radius 2 is 2.03 bits per heavy atom. The quantitative estimate of drug-likeness (QED) is 0.587. The summed E-state index contributed by atoms with van der Waals surface area (Å²) >= 11 is 0. The predicted molar refractivity (Wildman–Crippen MR) is 103 cm³/mol. The van der Waals surface area contributed by atoms with Gasteiger partial charge in [0.2, 0.25) is 17.6 Å². The molecule has 1 aromatic carbocycles. The Kier molecular flexibility index (Phi) is 5.19. The fourth-order valence-electron chi connectivity index (χ4n) is 2.96. The van der Waals surface area contributed by atoms with E-state index in [1.54, 1.807) is 49.9 Å². The number of likely N-dealkylation sites (tertiary alicyclic amines) is 1. The summed E-state index contributed by atoms with van der Waals surface area (Å²) in [6, 6.07) is 5.47. The number of carbonyl (C=O) groups excluding carboxylic acids is 1. The van der Waals surface area contributed by atoms with E-state index >= 15 is 0 Å². The first kappa shape index (κ1) is 18.6. The smallest absolute Gasteiger partial charge is 0.246 e. The van der Waals surface area contributed by atoms with Gasteiger partial charge in [0.25, 0.3) is 0 Å². The van der Waals surface area contributed by atoms with Gasteiger partial charge >= 0.3 is 0 Å². The predicted octanol–water partition coefficient (Wildman–Crippen LogP) is 2.18. The van der Waals surface area contributed by atoms with E-state index in [4.69, 9.17) is 14.0 Å². The fraction of sp³-hybridized carbons (Fsp3) is 0.250. The Hall–Kier alpha value is -3.75. The molecule has 3 aromatic rings. The monoisotopic (exact) mass is 393 g/mol. The van der Waals surface area contributed by atoms with Crippen molar-refractivity contribution in [2.24, 2.45) is 0 Å². The van der Waals surface area contributed by atoms with E-state index in [0.29, 0.717) is 42.0 Å². The van der Waals surface area contributed by atoms with Crippen LogP contribution in [0.15, 0.2) is 47.4 Å². The lowest BCUT2D eigenvalue weighted by Gasteiger charge is -2.36. The average Bonchev–Trinajstić information content (AvgIpc) is 3.21. The van der Waals surface area contributed by atoms with Gasteiger partial charge in [-0.15, -0.1) is 0 Å². The minimum Gasteiger partial charge on any atom is -0.493 e. The van der Waals surface area contributed by atoms with Crippen LogP contribution in [0.25, 0.3) is 17.6 Å². The molecule has 148 valence electrons. The van der Waals surface area contributed by atoms with Gasteiger partial charge in [0.1, 0.15) is 5.69 Å². The van der Waals surface area contributed by atoms with Gasteiger partial charge in [0.05, 0.1) is 26.3 Å². The van der Waals surface area contributed by atoms with E-state index < -0.39 is 0 Å². The molecule has 1 fully saturated rings. The van der Waals surface area contributed by atoms with Crippen molar-refractivity contribution >= 4 is 12.0 Å². The van der Waals surface area contributed by atoms with E-state index in [-0.39, 0.29) is 11.8 Å². The minimum atomic E-state index is -0.0790. The Labute approximate surface area is 167 Å². The highest BCUT2D eigenvalue weighted by Gasteiger charge is 2.34. The zero-order valence-electron chi connectivity index (χ0n) is 16.0. The second-order valence-corrected chi connectivity index (χ2v) is 6.43. The minimum absolute atomic E-state index is 0.0198. The second-order valence-electron chi connectivity index (χ2n) is 6.43. The summed E-state index contributed by atoms with van der Waals surface area (Å²) in [6.07, 6.45) is 8.01. The zero-order valence-corrected chi connectivity index (χ0v) is 16.0. The summed E-state index contributed by atoms with van der Waals surface area (Å²) in [7, 11) is 3.15. The van der Waals surface area contributed by atoms with E-state index in [1.807, 2.05) is 12.1 Å².